The fourth-order valence-electron chi connectivity index (χ4n) is 3.38. The predicted molar refractivity (Wildman–Crippen MR) is 134 cm³/mol. The van der Waals surface area contributed by atoms with Gasteiger partial charge in [-0.2, -0.15) is 0 Å². The van der Waals surface area contributed by atoms with E-state index in [-0.39, 0.29) is 32.1 Å². The normalized spacial score (nSPS) is 18.4. The average Bonchev–Trinajstić information content (AvgIpc) is 2.88. The number of piperazine rings is 1. The molecule has 13 heteroatoms. The molecule has 0 aromatic heterocycles. The Morgan fingerprint density at radius 3 is 2.29 bits per heavy atom. The molecule has 1 atom stereocenters. The van der Waals surface area contributed by atoms with Crippen LogP contribution in [0.3, 0.4) is 0 Å². The number of amides is 2. The molecular formula is C25H34N4O9. The van der Waals surface area contributed by atoms with Crippen LogP contribution in [0, 0.1) is 0 Å². The van der Waals surface area contributed by atoms with E-state index in [0.29, 0.717) is 0 Å². The Kier molecular flexibility index (Phi) is 10.1. The maximum Gasteiger partial charge on any atom is 0.411 e. The van der Waals surface area contributed by atoms with E-state index in [0.717, 1.165) is 25.9 Å². The molecule has 1 aliphatic heterocycles. The molecular weight excluding hydrogens is 500 g/mol. The molecule has 208 valence electrons. The lowest BCUT2D eigenvalue weighted by atomic mass is 9.95. The molecule has 1 aliphatic rings. The maximum atomic E-state index is 13.1. The molecule has 38 heavy (non-hydrogen) atoms. The number of nitrogens with two attached hydrogens (primary N) is 1. The number of hydrogen-bond acceptors (Lipinski definition) is 10. The third-order valence-corrected chi connectivity index (χ3v) is 5.40. The maximum absolute atomic E-state index is 13.1. The number of esters is 2. The molecule has 1 unspecified atom stereocenters. The second-order valence-corrected chi connectivity index (χ2v) is 9.46. The van der Waals surface area contributed by atoms with E-state index in [1.165, 1.54) is 9.80 Å². The molecule has 1 aromatic rings. The number of benzene rings is 1. The van der Waals surface area contributed by atoms with Gasteiger partial charge in [-0.05, 0) is 33.3 Å². The highest BCUT2D eigenvalue weighted by Gasteiger charge is 2.47. The summed E-state index contributed by atoms with van der Waals surface area (Å²) in [6, 6.07) is 9.08. The molecule has 0 spiro atoms. The van der Waals surface area contributed by atoms with Gasteiger partial charge in [0.05, 0.1) is 26.8 Å². The first-order valence-corrected chi connectivity index (χ1v) is 11.7. The predicted octanol–water partition coefficient (Wildman–Crippen LogP) is 2.15. The van der Waals surface area contributed by atoms with Gasteiger partial charge in [-0.3, -0.25) is 4.90 Å². The molecule has 1 fully saturated rings. The van der Waals surface area contributed by atoms with E-state index in [1.807, 2.05) is 18.2 Å². The summed E-state index contributed by atoms with van der Waals surface area (Å²) in [5.74, 6) is -2.81. The summed E-state index contributed by atoms with van der Waals surface area (Å²) in [5, 5.41) is 3.78. The molecule has 2 N–H and O–H groups in total. The van der Waals surface area contributed by atoms with Gasteiger partial charge in [0, 0.05) is 13.1 Å². The lowest BCUT2D eigenvalue weighted by Gasteiger charge is -2.47. The lowest BCUT2D eigenvalue weighted by Crippen LogP contribution is -2.68. The van der Waals surface area contributed by atoms with Crippen molar-refractivity contribution in [3.8, 4) is 0 Å². The van der Waals surface area contributed by atoms with Crippen molar-refractivity contribution in [1.82, 2.24) is 9.80 Å². The molecule has 2 amide bonds. The van der Waals surface area contributed by atoms with Crippen LogP contribution < -0.4 is 5.73 Å². The van der Waals surface area contributed by atoms with Crippen LogP contribution in [0.1, 0.15) is 33.3 Å². The first-order chi connectivity index (χ1) is 17.8. The van der Waals surface area contributed by atoms with Crippen molar-refractivity contribution in [3.05, 3.63) is 47.7 Å². The van der Waals surface area contributed by atoms with Gasteiger partial charge in [-0.25, -0.2) is 19.2 Å². The van der Waals surface area contributed by atoms with E-state index in [2.05, 4.69) is 14.6 Å². The molecule has 0 bridgehead atoms. The molecule has 0 radical (unpaired) electrons. The van der Waals surface area contributed by atoms with Gasteiger partial charge >= 0.3 is 24.1 Å². The van der Waals surface area contributed by atoms with Crippen molar-refractivity contribution >= 4 is 30.0 Å². The largest absolute Gasteiger partial charge is 0.466 e. The molecule has 0 aliphatic carbocycles. The quantitative estimate of drug-likeness (QED) is 0.104. The zero-order valence-electron chi connectivity index (χ0n) is 22.4. The van der Waals surface area contributed by atoms with Crippen molar-refractivity contribution < 1.29 is 43.0 Å². The number of oxime groups is 1. The van der Waals surface area contributed by atoms with Crippen LogP contribution in [0.25, 0.3) is 0 Å². The van der Waals surface area contributed by atoms with Crippen LogP contribution in [0.5, 0.6) is 0 Å². The van der Waals surface area contributed by atoms with Gasteiger partial charge in [0.15, 0.2) is 5.84 Å². The SMILES string of the molecule is COC(=O)/C=C(\ON=C(N)C1(C)CN(C(=O)OC(C)(C)C)CCN1C(=O)OCc1ccccc1)C(=O)OC. The minimum atomic E-state index is -1.45. The summed E-state index contributed by atoms with van der Waals surface area (Å²) in [4.78, 5) is 57.4. The first-order valence-electron chi connectivity index (χ1n) is 11.7. The number of rotatable bonds is 7. The number of carbonyl (C=O) groups excluding carboxylic acids is 4. The Bertz CT molecular complexity index is 1080. The summed E-state index contributed by atoms with van der Waals surface area (Å²) < 4.78 is 20.0. The van der Waals surface area contributed by atoms with Gasteiger partial charge in [0.2, 0.25) is 5.76 Å². The molecule has 1 heterocycles. The Morgan fingerprint density at radius 2 is 1.71 bits per heavy atom. The van der Waals surface area contributed by atoms with Gasteiger partial charge in [0.1, 0.15) is 17.7 Å². The average molecular weight is 535 g/mol. The standard InChI is InChI=1S/C25H34N4O9/c1-24(2,3)37-22(32)28-12-13-29(23(33)36-15-17-10-8-7-9-11-17)25(4,16-28)21(26)27-38-18(20(31)35-6)14-19(30)34-5/h7-11,14H,12-13,15-16H2,1-6H3,(H2,26,27)/b18-14-. The third kappa shape index (κ3) is 8.11. The Labute approximate surface area is 221 Å². The summed E-state index contributed by atoms with van der Waals surface area (Å²) in [6.07, 6.45) is -0.600. The highest BCUT2D eigenvalue weighted by molar-refractivity contribution is 5.96. The molecule has 1 saturated heterocycles. The monoisotopic (exact) mass is 534 g/mol. The van der Waals surface area contributed by atoms with Gasteiger partial charge < -0.3 is 34.4 Å². The number of ether oxygens (including phenoxy) is 4. The van der Waals surface area contributed by atoms with Crippen LogP contribution in [-0.4, -0.2) is 84.8 Å². The third-order valence-electron chi connectivity index (χ3n) is 5.40. The van der Waals surface area contributed by atoms with E-state index in [9.17, 15) is 19.2 Å². The molecule has 2 rings (SSSR count). The fourth-order valence-corrected chi connectivity index (χ4v) is 3.38. The summed E-state index contributed by atoms with van der Waals surface area (Å²) in [6.45, 7) is 6.78. The minimum Gasteiger partial charge on any atom is -0.466 e. The first kappa shape index (κ1) is 29.9. The zero-order valence-corrected chi connectivity index (χ0v) is 22.4. The number of amidine groups is 1. The van der Waals surface area contributed by atoms with E-state index >= 15 is 0 Å². The minimum absolute atomic E-state index is 0.00391. The zero-order chi connectivity index (χ0) is 28.5. The van der Waals surface area contributed by atoms with Crippen molar-refractivity contribution in [2.45, 2.75) is 45.4 Å². The van der Waals surface area contributed by atoms with Crippen LogP contribution in [0.2, 0.25) is 0 Å². The van der Waals surface area contributed by atoms with Gasteiger partial charge in [-0.15, -0.1) is 0 Å². The van der Waals surface area contributed by atoms with E-state index in [1.54, 1.807) is 39.8 Å². The second kappa shape index (κ2) is 12.8. The van der Waals surface area contributed by atoms with Crippen LogP contribution in [0.4, 0.5) is 9.59 Å². The summed E-state index contributed by atoms with van der Waals surface area (Å²) >= 11 is 0. The Hall–Kier alpha value is -4.29. The number of methoxy groups -OCH3 is 2. The van der Waals surface area contributed by atoms with E-state index in [4.69, 9.17) is 20.0 Å². The lowest BCUT2D eigenvalue weighted by molar-refractivity contribution is -0.142. The number of hydrogen-bond donors (Lipinski definition) is 1. The molecule has 13 nitrogen and oxygen atoms in total. The van der Waals surface area contributed by atoms with E-state index < -0.39 is 41.0 Å². The highest BCUT2D eigenvalue weighted by atomic mass is 16.7. The smallest absolute Gasteiger partial charge is 0.411 e. The topological polar surface area (TPSA) is 159 Å². The summed E-state index contributed by atoms with van der Waals surface area (Å²) in [5.41, 5.74) is 4.83. The van der Waals surface area contributed by atoms with Crippen LogP contribution >= 0.6 is 0 Å². The Morgan fingerprint density at radius 1 is 1.05 bits per heavy atom. The van der Waals surface area contributed by atoms with Crippen molar-refractivity contribution in [1.29, 1.82) is 0 Å². The fraction of sp³-hybridized carbons (Fsp3) is 0.480. The summed E-state index contributed by atoms with van der Waals surface area (Å²) in [7, 11) is 2.19. The number of nitrogens with zero attached hydrogens (tertiary/aromatic N) is 3. The van der Waals surface area contributed by atoms with Crippen LogP contribution in [-0.2, 0) is 40.0 Å². The van der Waals surface area contributed by atoms with Crippen molar-refractivity contribution in [3.63, 3.8) is 0 Å². The van der Waals surface area contributed by atoms with Gasteiger partial charge in [0.25, 0.3) is 0 Å². The molecule has 0 saturated carbocycles. The number of carbonyl (C=O) groups is 4. The van der Waals surface area contributed by atoms with Crippen molar-refractivity contribution in [2.75, 3.05) is 33.9 Å². The second-order valence-electron chi connectivity index (χ2n) is 9.46. The Balaban J connectivity index is 2.36. The van der Waals surface area contributed by atoms with Crippen molar-refractivity contribution in [2.24, 2.45) is 10.9 Å². The molecule has 1 aromatic carbocycles. The highest BCUT2D eigenvalue weighted by Crippen LogP contribution is 2.25. The van der Waals surface area contributed by atoms with Gasteiger partial charge in [-0.1, -0.05) is 35.5 Å². The van der Waals surface area contributed by atoms with Crippen LogP contribution in [0.15, 0.2) is 47.3 Å².